The van der Waals surface area contributed by atoms with Crippen molar-refractivity contribution in [1.29, 1.82) is 5.26 Å². The maximum absolute atomic E-state index is 13.7. The van der Waals surface area contributed by atoms with Gasteiger partial charge in [0, 0.05) is 16.4 Å². The zero-order chi connectivity index (χ0) is 28.2. The van der Waals surface area contributed by atoms with E-state index in [4.69, 9.17) is 16.3 Å². The first-order valence-corrected chi connectivity index (χ1v) is 13.0. The Balaban J connectivity index is 1.74. The van der Waals surface area contributed by atoms with Gasteiger partial charge in [-0.1, -0.05) is 41.6 Å². The number of benzene rings is 3. The molecule has 1 aliphatic rings. The number of ether oxygens (including phenoxy) is 1. The van der Waals surface area contributed by atoms with Crippen molar-refractivity contribution in [1.82, 2.24) is 0 Å². The van der Waals surface area contributed by atoms with Crippen LogP contribution in [-0.2, 0) is 22.2 Å². The Kier molecular flexibility index (Phi) is 8.53. The van der Waals surface area contributed by atoms with Crippen molar-refractivity contribution in [3.05, 3.63) is 99.5 Å². The Hall–Kier alpha value is -3.94. The third-order valence-corrected chi connectivity index (χ3v) is 7.35. The third-order valence-electron chi connectivity index (χ3n) is 5.72. The maximum atomic E-state index is 13.7. The van der Waals surface area contributed by atoms with Gasteiger partial charge in [0.05, 0.1) is 17.4 Å². The lowest BCUT2D eigenvalue weighted by atomic mass is 10.0. The van der Waals surface area contributed by atoms with E-state index in [0.717, 1.165) is 30.0 Å². The number of alkyl halides is 3. The van der Waals surface area contributed by atoms with Gasteiger partial charge in [0.2, 0.25) is 5.91 Å². The lowest BCUT2D eigenvalue weighted by Crippen LogP contribution is -2.31. The number of halogens is 4. The van der Waals surface area contributed by atoms with Gasteiger partial charge in [-0.2, -0.15) is 18.4 Å². The Labute approximate surface area is 232 Å². The van der Waals surface area contributed by atoms with Gasteiger partial charge < -0.3 is 10.1 Å². The van der Waals surface area contributed by atoms with Crippen molar-refractivity contribution in [2.24, 2.45) is 0 Å². The minimum Gasteiger partial charge on any atom is -0.494 e. The van der Waals surface area contributed by atoms with Gasteiger partial charge in [-0.15, -0.1) is 0 Å². The number of para-hydroxylation sites is 1. The number of thioether (sulfide) groups is 1. The molecule has 2 amide bonds. The molecule has 1 N–H and O–H groups in total. The van der Waals surface area contributed by atoms with Crippen molar-refractivity contribution >= 4 is 46.6 Å². The number of hydrogen-bond donors (Lipinski definition) is 1. The van der Waals surface area contributed by atoms with Gasteiger partial charge in [-0.25, -0.2) is 0 Å². The predicted octanol–water partition coefficient (Wildman–Crippen LogP) is 6.82. The van der Waals surface area contributed by atoms with Crippen molar-refractivity contribution in [3.63, 3.8) is 0 Å². The zero-order valence-corrected chi connectivity index (χ0v) is 22.0. The molecular formula is C28H21ClF3N3O3S. The van der Waals surface area contributed by atoms with Gasteiger partial charge in [0.15, 0.2) is 0 Å². The molecule has 1 aliphatic heterocycles. The molecule has 39 heavy (non-hydrogen) atoms. The number of carbonyl (C=O) groups is 2. The fraction of sp³-hybridized carbons (Fsp3) is 0.179. The summed E-state index contributed by atoms with van der Waals surface area (Å²) in [5, 5.41) is 11.8. The topological polar surface area (TPSA) is 82.4 Å². The van der Waals surface area contributed by atoms with Crippen molar-refractivity contribution < 1.29 is 27.5 Å². The molecule has 1 heterocycles. The first kappa shape index (κ1) is 28.1. The average Bonchev–Trinajstić information content (AvgIpc) is 3.21. The number of rotatable bonds is 7. The molecule has 200 valence electrons. The van der Waals surface area contributed by atoms with Crippen LogP contribution in [0.15, 0.2) is 83.4 Å². The largest absolute Gasteiger partial charge is 0.494 e. The smallest absolute Gasteiger partial charge is 0.416 e. The second-order valence-corrected chi connectivity index (χ2v) is 9.93. The Morgan fingerprint density at radius 2 is 1.82 bits per heavy atom. The molecule has 1 saturated heterocycles. The molecule has 0 aromatic heterocycles. The first-order chi connectivity index (χ1) is 18.6. The van der Waals surface area contributed by atoms with E-state index < -0.39 is 28.8 Å². The summed E-state index contributed by atoms with van der Waals surface area (Å²) in [4.78, 5) is 28.0. The number of anilines is 2. The number of carbonyl (C=O) groups excluding carboxylic acids is 2. The number of nitriles is 1. The molecule has 0 aliphatic carbocycles. The highest BCUT2D eigenvalue weighted by Crippen LogP contribution is 2.43. The number of nitrogens with one attached hydrogen (secondary N) is 1. The predicted molar refractivity (Wildman–Crippen MR) is 144 cm³/mol. The highest BCUT2D eigenvalue weighted by atomic mass is 35.5. The second kappa shape index (κ2) is 11.8. The molecule has 3 aromatic carbocycles. The van der Waals surface area contributed by atoms with Crippen molar-refractivity contribution in [3.8, 4) is 11.8 Å². The summed E-state index contributed by atoms with van der Waals surface area (Å²) in [6, 6.07) is 19.8. The fourth-order valence-corrected chi connectivity index (χ4v) is 5.39. The highest BCUT2D eigenvalue weighted by molar-refractivity contribution is 8.05. The van der Waals surface area contributed by atoms with Crippen LogP contribution in [0.3, 0.4) is 0 Å². The van der Waals surface area contributed by atoms with E-state index in [9.17, 15) is 28.0 Å². The van der Waals surface area contributed by atoms with Crippen LogP contribution in [-0.4, -0.2) is 23.7 Å². The Bertz CT molecular complexity index is 1450. The maximum Gasteiger partial charge on any atom is 0.416 e. The first-order valence-electron chi connectivity index (χ1n) is 11.7. The van der Waals surface area contributed by atoms with E-state index in [1.165, 1.54) is 4.90 Å². The lowest BCUT2D eigenvalue weighted by Gasteiger charge is -2.19. The molecule has 0 saturated carbocycles. The minimum absolute atomic E-state index is 0.0631. The van der Waals surface area contributed by atoms with Gasteiger partial charge in [-0.3, -0.25) is 14.5 Å². The molecule has 1 atom stereocenters. The lowest BCUT2D eigenvalue weighted by molar-refractivity contribution is -0.137. The molecule has 11 heteroatoms. The van der Waals surface area contributed by atoms with Gasteiger partial charge in [0.1, 0.15) is 22.4 Å². The Morgan fingerprint density at radius 1 is 1.13 bits per heavy atom. The molecule has 1 unspecified atom stereocenters. The third kappa shape index (κ3) is 6.38. The molecule has 4 rings (SSSR count). The molecule has 6 nitrogen and oxygen atoms in total. The summed E-state index contributed by atoms with van der Waals surface area (Å²) in [5.41, 5.74) is -0.272. The van der Waals surface area contributed by atoms with E-state index in [0.29, 0.717) is 23.7 Å². The van der Waals surface area contributed by atoms with Gasteiger partial charge in [0.25, 0.3) is 5.91 Å². The van der Waals surface area contributed by atoms with Crippen LogP contribution in [0.1, 0.15) is 18.1 Å². The quantitative estimate of drug-likeness (QED) is 0.248. The van der Waals surface area contributed by atoms with Crippen LogP contribution >= 0.6 is 23.4 Å². The van der Waals surface area contributed by atoms with Crippen molar-refractivity contribution in [2.75, 3.05) is 16.8 Å². The average molecular weight is 572 g/mol. The fourth-order valence-electron chi connectivity index (χ4n) is 3.90. The van der Waals surface area contributed by atoms with E-state index in [-0.39, 0.29) is 27.6 Å². The van der Waals surface area contributed by atoms with Crippen LogP contribution in [0, 0.1) is 11.3 Å². The van der Waals surface area contributed by atoms with E-state index in [1.807, 2.05) is 13.0 Å². The summed E-state index contributed by atoms with van der Waals surface area (Å²) in [7, 11) is 0. The minimum atomic E-state index is -4.59. The standard InChI is InChI=1S/C28H21ClF3N3O3S/c1-2-38-21-11-9-20(10-12-21)35-26(37)24(15-17-14-18(28(30,31)32)8-13-23(17)29)39-27(35)22(16-33)25(36)34-19-6-4-3-5-7-19/h3-14,24H,2,15H2,1H3,(H,34,36)/b27-22-. The SMILES string of the molecule is CCOc1ccc(N2C(=O)C(Cc3cc(C(F)(F)F)ccc3Cl)S/C2=C(/C#N)C(=O)Nc2ccccc2)cc1. The second-order valence-electron chi connectivity index (χ2n) is 8.33. The summed E-state index contributed by atoms with van der Waals surface area (Å²) in [6.45, 7) is 2.25. The molecule has 0 radical (unpaired) electrons. The molecule has 1 fully saturated rings. The van der Waals surface area contributed by atoms with Gasteiger partial charge in [-0.05, 0) is 73.5 Å². The van der Waals surface area contributed by atoms with Crippen molar-refractivity contribution in [2.45, 2.75) is 24.8 Å². The number of amides is 2. The van der Waals surface area contributed by atoms with E-state index in [1.54, 1.807) is 54.6 Å². The zero-order valence-electron chi connectivity index (χ0n) is 20.5. The molecule has 3 aromatic rings. The van der Waals surface area contributed by atoms with E-state index >= 15 is 0 Å². The number of nitrogens with zero attached hydrogens (tertiary/aromatic N) is 2. The monoisotopic (exact) mass is 571 g/mol. The molecule has 0 bridgehead atoms. The summed E-state index contributed by atoms with van der Waals surface area (Å²) < 4.78 is 45.4. The normalized spacial score (nSPS) is 16.6. The summed E-state index contributed by atoms with van der Waals surface area (Å²) in [5.74, 6) is -0.679. The molecule has 0 spiro atoms. The molecular weight excluding hydrogens is 551 g/mol. The summed E-state index contributed by atoms with van der Waals surface area (Å²) in [6.07, 6.45) is -4.74. The van der Waals surface area contributed by atoms with Crippen LogP contribution in [0.4, 0.5) is 24.5 Å². The Morgan fingerprint density at radius 3 is 2.44 bits per heavy atom. The number of hydrogen-bond acceptors (Lipinski definition) is 5. The van der Waals surface area contributed by atoms with Crippen LogP contribution in [0.2, 0.25) is 5.02 Å². The van der Waals surface area contributed by atoms with Gasteiger partial charge >= 0.3 is 6.18 Å². The summed E-state index contributed by atoms with van der Waals surface area (Å²) >= 11 is 7.12. The van der Waals surface area contributed by atoms with Crippen LogP contribution in [0.25, 0.3) is 0 Å². The highest BCUT2D eigenvalue weighted by Gasteiger charge is 2.41. The van der Waals surface area contributed by atoms with E-state index in [2.05, 4.69) is 5.32 Å². The van der Waals surface area contributed by atoms with Crippen LogP contribution in [0.5, 0.6) is 5.75 Å². The van der Waals surface area contributed by atoms with Crippen LogP contribution < -0.4 is 15.0 Å².